The standard InChI is InChI=1S/C15H27N5/c1-4-9-16-12-13-7-5-6-11-20(13)14-8-10-17-15(18-14)19(2)3/h8,10,13,16H,4-7,9,11-12H2,1-3H3. The lowest BCUT2D eigenvalue weighted by atomic mass is 10.0. The largest absolute Gasteiger partial charge is 0.352 e. The zero-order valence-corrected chi connectivity index (χ0v) is 13.0. The highest BCUT2D eigenvalue weighted by atomic mass is 15.3. The number of aromatic nitrogens is 2. The molecule has 0 amide bonds. The maximum atomic E-state index is 4.69. The van der Waals surface area contributed by atoms with Crippen molar-refractivity contribution in [2.75, 3.05) is 43.5 Å². The van der Waals surface area contributed by atoms with Gasteiger partial charge in [-0.05, 0) is 38.3 Å². The van der Waals surface area contributed by atoms with E-state index in [4.69, 9.17) is 0 Å². The lowest BCUT2D eigenvalue weighted by Crippen LogP contribution is -2.46. The van der Waals surface area contributed by atoms with Crippen LogP contribution in [0, 0.1) is 0 Å². The third kappa shape index (κ3) is 3.82. The van der Waals surface area contributed by atoms with Crippen LogP contribution >= 0.6 is 0 Å². The highest BCUT2D eigenvalue weighted by Crippen LogP contribution is 2.23. The first-order chi connectivity index (χ1) is 9.72. The first-order valence-electron chi connectivity index (χ1n) is 7.70. The van der Waals surface area contributed by atoms with Crippen molar-refractivity contribution < 1.29 is 0 Å². The fraction of sp³-hybridized carbons (Fsp3) is 0.733. The van der Waals surface area contributed by atoms with Crippen molar-refractivity contribution in [1.82, 2.24) is 15.3 Å². The summed E-state index contributed by atoms with van der Waals surface area (Å²) in [6, 6.07) is 2.59. The molecule has 1 atom stereocenters. The van der Waals surface area contributed by atoms with Crippen molar-refractivity contribution in [1.29, 1.82) is 0 Å². The predicted octanol–water partition coefficient (Wildman–Crippen LogP) is 1.90. The minimum Gasteiger partial charge on any atom is -0.352 e. The minimum atomic E-state index is 0.556. The molecule has 0 aliphatic carbocycles. The molecule has 5 nitrogen and oxygen atoms in total. The van der Waals surface area contributed by atoms with E-state index in [-0.39, 0.29) is 0 Å². The summed E-state index contributed by atoms with van der Waals surface area (Å²) in [6.45, 7) is 5.45. The second-order valence-electron chi connectivity index (χ2n) is 5.66. The van der Waals surface area contributed by atoms with E-state index in [1.54, 1.807) is 0 Å². The van der Waals surface area contributed by atoms with Crippen LogP contribution in [0.5, 0.6) is 0 Å². The zero-order valence-electron chi connectivity index (χ0n) is 13.0. The Bertz CT molecular complexity index is 407. The third-order valence-corrected chi connectivity index (χ3v) is 3.76. The monoisotopic (exact) mass is 277 g/mol. The fourth-order valence-corrected chi connectivity index (χ4v) is 2.67. The number of piperidine rings is 1. The Balaban J connectivity index is 2.08. The Morgan fingerprint density at radius 3 is 3.00 bits per heavy atom. The Morgan fingerprint density at radius 2 is 2.25 bits per heavy atom. The van der Waals surface area contributed by atoms with Gasteiger partial charge in [-0.3, -0.25) is 0 Å². The first-order valence-corrected chi connectivity index (χ1v) is 7.70. The molecule has 1 aliphatic heterocycles. The smallest absolute Gasteiger partial charge is 0.226 e. The van der Waals surface area contributed by atoms with Gasteiger partial charge >= 0.3 is 0 Å². The summed E-state index contributed by atoms with van der Waals surface area (Å²) < 4.78 is 0. The van der Waals surface area contributed by atoms with E-state index >= 15 is 0 Å². The Labute approximate surface area is 122 Å². The summed E-state index contributed by atoms with van der Waals surface area (Å²) in [5, 5.41) is 3.55. The number of hydrogen-bond acceptors (Lipinski definition) is 5. The molecular formula is C15H27N5. The molecule has 112 valence electrons. The van der Waals surface area contributed by atoms with E-state index in [0.29, 0.717) is 6.04 Å². The van der Waals surface area contributed by atoms with Crippen molar-refractivity contribution in [3.8, 4) is 0 Å². The highest BCUT2D eigenvalue weighted by Gasteiger charge is 2.23. The maximum Gasteiger partial charge on any atom is 0.226 e. The molecule has 1 N–H and O–H groups in total. The highest BCUT2D eigenvalue weighted by molar-refractivity contribution is 5.44. The van der Waals surface area contributed by atoms with Crippen molar-refractivity contribution in [2.24, 2.45) is 0 Å². The summed E-state index contributed by atoms with van der Waals surface area (Å²) in [5.41, 5.74) is 0. The Morgan fingerprint density at radius 1 is 1.40 bits per heavy atom. The van der Waals surface area contributed by atoms with Crippen LogP contribution in [0.15, 0.2) is 12.3 Å². The average molecular weight is 277 g/mol. The lowest BCUT2D eigenvalue weighted by Gasteiger charge is -2.37. The topological polar surface area (TPSA) is 44.3 Å². The van der Waals surface area contributed by atoms with E-state index in [0.717, 1.165) is 31.4 Å². The number of nitrogens with one attached hydrogen (secondary N) is 1. The SMILES string of the molecule is CCCNCC1CCCCN1c1ccnc(N(C)C)n1. The summed E-state index contributed by atoms with van der Waals surface area (Å²) in [6.07, 6.45) is 6.87. The van der Waals surface area contributed by atoms with Gasteiger partial charge in [-0.1, -0.05) is 6.92 Å². The maximum absolute atomic E-state index is 4.69. The molecule has 0 spiro atoms. The molecule has 1 aromatic heterocycles. The fourth-order valence-electron chi connectivity index (χ4n) is 2.67. The van der Waals surface area contributed by atoms with E-state index < -0.39 is 0 Å². The van der Waals surface area contributed by atoms with E-state index in [9.17, 15) is 0 Å². The molecule has 1 unspecified atom stereocenters. The van der Waals surface area contributed by atoms with Crippen LogP contribution < -0.4 is 15.1 Å². The van der Waals surface area contributed by atoms with Gasteiger partial charge in [-0.25, -0.2) is 4.98 Å². The minimum absolute atomic E-state index is 0.556. The molecule has 1 aliphatic rings. The van der Waals surface area contributed by atoms with E-state index in [1.165, 1.54) is 25.7 Å². The number of anilines is 2. The predicted molar refractivity (Wildman–Crippen MR) is 84.5 cm³/mol. The van der Waals surface area contributed by atoms with E-state index in [2.05, 4.69) is 27.1 Å². The van der Waals surface area contributed by atoms with Gasteiger partial charge in [0.1, 0.15) is 5.82 Å². The summed E-state index contributed by atoms with van der Waals surface area (Å²) in [4.78, 5) is 13.4. The Kier molecular flexibility index (Phi) is 5.59. The van der Waals surface area contributed by atoms with Crippen LogP contribution in [0.25, 0.3) is 0 Å². The van der Waals surface area contributed by atoms with Gasteiger partial charge < -0.3 is 15.1 Å². The molecule has 0 saturated carbocycles. The third-order valence-electron chi connectivity index (χ3n) is 3.76. The first kappa shape index (κ1) is 15.0. The number of rotatable bonds is 6. The summed E-state index contributed by atoms with van der Waals surface area (Å²) >= 11 is 0. The van der Waals surface area contributed by atoms with Crippen LogP contribution in [0.3, 0.4) is 0 Å². The van der Waals surface area contributed by atoms with Crippen LogP contribution in [0.4, 0.5) is 11.8 Å². The quantitative estimate of drug-likeness (QED) is 0.805. The van der Waals surface area contributed by atoms with Crippen molar-refractivity contribution in [2.45, 2.75) is 38.6 Å². The van der Waals surface area contributed by atoms with Gasteiger partial charge in [0.25, 0.3) is 0 Å². The molecular weight excluding hydrogens is 250 g/mol. The van der Waals surface area contributed by atoms with Gasteiger partial charge in [-0.2, -0.15) is 4.98 Å². The van der Waals surface area contributed by atoms with Gasteiger partial charge in [0.2, 0.25) is 5.95 Å². The van der Waals surface area contributed by atoms with Crippen LogP contribution in [0.1, 0.15) is 32.6 Å². The molecule has 2 heterocycles. The van der Waals surface area contributed by atoms with Gasteiger partial charge in [0, 0.05) is 39.4 Å². The lowest BCUT2D eigenvalue weighted by molar-refractivity contribution is 0.433. The number of hydrogen-bond donors (Lipinski definition) is 1. The molecule has 20 heavy (non-hydrogen) atoms. The van der Waals surface area contributed by atoms with Gasteiger partial charge in [0.15, 0.2) is 0 Å². The molecule has 2 rings (SSSR count). The van der Waals surface area contributed by atoms with Crippen LogP contribution in [-0.2, 0) is 0 Å². The molecule has 1 aromatic rings. The van der Waals surface area contributed by atoms with Crippen LogP contribution in [-0.4, -0.2) is 49.7 Å². The zero-order chi connectivity index (χ0) is 14.4. The van der Waals surface area contributed by atoms with Crippen LogP contribution in [0.2, 0.25) is 0 Å². The molecule has 0 aromatic carbocycles. The Hall–Kier alpha value is -1.36. The van der Waals surface area contributed by atoms with Gasteiger partial charge in [-0.15, -0.1) is 0 Å². The molecule has 5 heteroatoms. The second-order valence-corrected chi connectivity index (χ2v) is 5.66. The molecule has 1 fully saturated rings. The summed E-state index contributed by atoms with van der Waals surface area (Å²) in [7, 11) is 3.96. The van der Waals surface area contributed by atoms with Gasteiger partial charge in [0.05, 0.1) is 0 Å². The second kappa shape index (κ2) is 7.43. The van der Waals surface area contributed by atoms with E-state index in [1.807, 2.05) is 31.3 Å². The molecule has 0 bridgehead atoms. The number of nitrogens with zero attached hydrogens (tertiary/aromatic N) is 4. The average Bonchev–Trinajstić information content (AvgIpc) is 2.48. The molecule has 1 saturated heterocycles. The summed E-state index contributed by atoms with van der Waals surface area (Å²) in [5.74, 6) is 1.85. The van der Waals surface area contributed by atoms with Crippen molar-refractivity contribution in [3.63, 3.8) is 0 Å². The normalized spacial score (nSPS) is 19.1. The van der Waals surface area contributed by atoms with Crippen molar-refractivity contribution in [3.05, 3.63) is 12.3 Å². The molecule has 0 radical (unpaired) electrons. The van der Waals surface area contributed by atoms with Crippen molar-refractivity contribution >= 4 is 11.8 Å².